The summed E-state index contributed by atoms with van der Waals surface area (Å²) in [6.45, 7) is 6.18. The Hall–Kier alpha value is -2.36. The average molecular weight is 691 g/mol. The van der Waals surface area contributed by atoms with Crippen LogP contribution in [0.4, 0.5) is 0 Å². The number of unbranched alkanes of at least 4 members (excludes halogenated alkanes) is 9. The molecule has 0 N–H and O–H groups in total. The Bertz CT molecular complexity index is 1260. The Morgan fingerprint density at radius 2 is 1.05 bits per heavy atom. The molecule has 3 rings (SSSR count). The van der Waals surface area contributed by atoms with Crippen molar-refractivity contribution in [3.63, 3.8) is 0 Å². The molecule has 5 nitrogen and oxygen atoms in total. The van der Waals surface area contributed by atoms with Gasteiger partial charge in [-0.3, -0.25) is 0 Å². The second kappa shape index (κ2) is 18.9. The lowest BCUT2D eigenvalue weighted by molar-refractivity contribution is -0.450. The molecular weight excluding hydrogens is 647 g/mol. The van der Waals surface area contributed by atoms with Crippen molar-refractivity contribution >= 4 is 17.7 Å². The number of benzene rings is 3. The van der Waals surface area contributed by atoms with E-state index >= 15 is 0 Å². The molecule has 7 heteroatoms. The van der Waals surface area contributed by atoms with Crippen molar-refractivity contribution in [2.75, 3.05) is 0 Å². The molecule has 3 aromatic carbocycles. The van der Waals surface area contributed by atoms with Crippen molar-refractivity contribution in [2.24, 2.45) is 0 Å². The number of aryl methyl sites for hydroxylation is 3. The highest BCUT2D eigenvalue weighted by atomic mass is 127. The predicted octanol–water partition coefficient (Wildman–Crippen LogP) is 5.43. The van der Waals surface area contributed by atoms with Gasteiger partial charge in [-0.15, -0.1) is 0 Å². The molecule has 0 radical (unpaired) electrons. The van der Waals surface area contributed by atoms with E-state index in [9.17, 15) is 22.6 Å². The van der Waals surface area contributed by atoms with Crippen LogP contribution in [-0.4, -0.2) is 20.6 Å². The van der Waals surface area contributed by atoms with Crippen LogP contribution in [0.3, 0.4) is 0 Å². The minimum Gasteiger partial charge on any atom is -0.744 e. The van der Waals surface area contributed by atoms with Crippen molar-refractivity contribution in [2.45, 2.75) is 96.3 Å². The van der Waals surface area contributed by atoms with E-state index in [0.717, 1.165) is 24.0 Å². The van der Waals surface area contributed by atoms with Gasteiger partial charge in [-0.25, -0.2) is 18.0 Å². The van der Waals surface area contributed by atoms with Gasteiger partial charge >= 0.3 is 28.8 Å². The van der Waals surface area contributed by atoms with Gasteiger partial charge in [0.05, 0.1) is 16.0 Å². The quantitative estimate of drug-likeness (QED) is 0.0867. The maximum Gasteiger partial charge on any atom is 0.452 e. The third kappa shape index (κ3) is 13.9. The largest absolute Gasteiger partial charge is 0.744 e. The van der Waals surface area contributed by atoms with Gasteiger partial charge in [-0.1, -0.05) is 118 Å². The van der Waals surface area contributed by atoms with Crippen LogP contribution in [0.15, 0.2) is 77.7 Å². The zero-order chi connectivity index (χ0) is 30.1. The summed E-state index contributed by atoms with van der Waals surface area (Å²) in [6, 6.07) is 21.3. The Morgan fingerprint density at radius 1 is 0.634 bits per heavy atom. The zero-order valence-corrected chi connectivity index (χ0v) is 27.5. The third-order valence-corrected chi connectivity index (χ3v) is 9.93. The van der Waals surface area contributed by atoms with Gasteiger partial charge < -0.3 is 4.55 Å². The van der Waals surface area contributed by atoms with Crippen molar-refractivity contribution in [3.05, 3.63) is 101 Å². The molecule has 0 saturated heterocycles. The third-order valence-electron chi connectivity index (χ3n) is 6.77. The summed E-state index contributed by atoms with van der Waals surface area (Å²) in [4.78, 5) is 24.0. The highest BCUT2D eigenvalue weighted by Gasteiger charge is 2.32. The molecule has 0 fully saturated rings. The number of hydrogen-bond acceptors (Lipinski definition) is 5. The molecule has 0 saturated carbocycles. The Labute approximate surface area is 257 Å². The topological polar surface area (TPSA) is 91.3 Å². The molecule has 0 heterocycles. The molecule has 0 aromatic heterocycles. The molecule has 222 valence electrons. The summed E-state index contributed by atoms with van der Waals surface area (Å²) in [6.07, 6.45) is 13.2. The van der Waals surface area contributed by atoms with E-state index in [-0.39, 0.29) is 12.5 Å². The van der Waals surface area contributed by atoms with E-state index in [2.05, 4.69) is 6.92 Å². The highest BCUT2D eigenvalue weighted by molar-refractivity contribution is 7.85. The van der Waals surface area contributed by atoms with Crippen LogP contribution in [0, 0.1) is 13.8 Å². The number of carbonyl (C=O) groups excluding carboxylic acids is 2. The monoisotopic (exact) mass is 690 g/mol. The number of hydrogen-bond donors (Lipinski definition) is 0. The molecule has 0 spiro atoms. The van der Waals surface area contributed by atoms with E-state index in [0.29, 0.717) is 23.1 Å². The zero-order valence-electron chi connectivity index (χ0n) is 24.5. The SMILES string of the molecule is CCCCCCCCCCCCc1ccccc1S(=O)(=O)[O-].Cc1ccc(C(=O)[I+]C(=O)c2ccc(C)cc2)cc1. The molecule has 41 heavy (non-hydrogen) atoms. The van der Waals surface area contributed by atoms with Crippen LogP contribution < -0.4 is 21.2 Å². The van der Waals surface area contributed by atoms with E-state index in [1.54, 1.807) is 42.5 Å². The summed E-state index contributed by atoms with van der Waals surface area (Å²) in [5.74, 6) is 0. The normalized spacial score (nSPS) is 11.0. The van der Waals surface area contributed by atoms with Gasteiger partial charge in [0, 0.05) is 0 Å². The summed E-state index contributed by atoms with van der Waals surface area (Å²) < 4.78 is 33.5. The van der Waals surface area contributed by atoms with Gasteiger partial charge in [0.25, 0.3) is 0 Å². The summed E-state index contributed by atoms with van der Waals surface area (Å²) in [5, 5.41) is 0. The number of carbonyl (C=O) groups is 2. The smallest absolute Gasteiger partial charge is 0.452 e. The van der Waals surface area contributed by atoms with Crippen LogP contribution in [0.5, 0.6) is 0 Å². The van der Waals surface area contributed by atoms with Gasteiger partial charge in [-0.2, -0.15) is 0 Å². The Balaban J connectivity index is 0.000000289. The summed E-state index contributed by atoms with van der Waals surface area (Å²) in [7, 11) is -4.35. The standard InChI is InChI=1S/C18H30O3S.C16H14IO2/c1-2-3-4-5-6-7-8-9-10-11-14-17-15-12-13-16-18(17)22(19,20)21;1-11-3-7-13(8-4-11)15(18)17-16(19)14-9-5-12(2)6-10-14/h12-13,15-16H,2-11,14H2,1H3,(H,19,20,21);3-10H,1-2H3/q;+1/p-1. The first-order chi connectivity index (χ1) is 19.6. The van der Waals surface area contributed by atoms with Crippen molar-refractivity contribution < 1.29 is 43.8 Å². The van der Waals surface area contributed by atoms with Gasteiger partial charge in [0.15, 0.2) is 0 Å². The average Bonchev–Trinajstić information content (AvgIpc) is 2.95. The maximum atomic E-state index is 12.0. The molecule has 0 atom stereocenters. The van der Waals surface area contributed by atoms with Crippen LogP contribution in [0.1, 0.15) is 109 Å². The van der Waals surface area contributed by atoms with E-state index in [1.807, 2.05) is 38.1 Å². The fourth-order valence-corrected chi connectivity index (χ4v) is 6.84. The van der Waals surface area contributed by atoms with E-state index in [4.69, 9.17) is 0 Å². The second-order valence-electron chi connectivity index (χ2n) is 10.4. The molecule has 0 unspecified atom stereocenters. The molecule has 0 amide bonds. The van der Waals surface area contributed by atoms with Crippen LogP contribution in [0.25, 0.3) is 0 Å². The second-order valence-corrected chi connectivity index (χ2v) is 14.2. The minimum absolute atomic E-state index is 0.0237. The Kier molecular flexibility index (Phi) is 16.1. The first kappa shape index (κ1) is 34.8. The molecule has 3 aromatic rings. The fraction of sp³-hybridized carbons (Fsp3) is 0.412. The molecule has 0 aliphatic carbocycles. The lowest BCUT2D eigenvalue weighted by Crippen LogP contribution is -3.67. The lowest BCUT2D eigenvalue weighted by atomic mass is 10.0. The maximum absolute atomic E-state index is 12.0. The van der Waals surface area contributed by atoms with Crippen molar-refractivity contribution in [1.82, 2.24) is 0 Å². The molecule has 0 aliphatic rings. The fourth-order valence-electron chi connectivity index (χ4n) is 4.31. The molecular formula is C34H43IO5S. The minimum atomic E-state index is -4.35. The van der Waals surface area contributed by atoms with Gasteiger partial charge in [0.2, 0.25) is 0 Å². The van der Waals surface area contributed by atoms with E-state index < -0.39 is 31.3 Å². The van der Waals surface area contributed by atoms with Crippen LogP contribution in [-0.2, 0) is 16.5 Å². The van der Waals surface area contributed by atoms with Gasteiger partial charge in [-0.05, 0) is 62.6 Å². The predicted molar refractivity (Wildman–Crippen MR) is 161 cm³/mol. The lowest BCUT2D eigenvalue weighted by Gasteiger charge is -2.12. The summed E-state index contributed by atoms with van der Waals surface area (Å²) >= 11 is -1.16. The van der Waals surface area contributed by atoms with Crippen LogP contribution in [0.2, 0.25) is 0 Å². The Morgan fingerprint density at radius 3 is 1.49 bits per heavy atom. The molecule has 0 aliphatic heterocycles. The number of rotatable bonds is 16. The first-order valence-corrected chi connectivity index (χ1v) is 18.1. The van der Waals surface area contributed by atoms with E-state index in [1.165, 1.54) is 57.4 Å². The highest BCUT2D eigenvalue weighted by Crippen LogP contribution is 2.18. The first-order valence-electron chi connectivity index (χ1n) is 14.5. The molecule has 0 bridgehead atoms. The van der Waals surface area contributed by atoms with Crippen molar-refractivity contribution in [1.29, 1.82) is 0 Å². The van der Waals surface area contributed by atoms with Gasteiger partial charge in [0.1, 0.15) is 10.1 Å². The number of halogens is 1. The van der Waals surface area contributed by atoms with Crippen LogP contribution >= 0.6 is 0 Å². The summed E-state index contributed by atoms with van der Waals surface area (Å²) in [5.41, 5.74) is 4.16. The van der Waals surface area contributed by atoms with Crippen molar-refractivity contribution in [3.8, 4) is 0 Å².